The molecule has 0 bridgehead atoms. The second kappa shape index (κ2) is 8.40. The van der Waals surface area contributed by atoms with Crippen LogP contribution < -0.4 is 16.0 Å². The summed E-state index contributed by atoms with van der Waals surface area (Å²) in [5, 5.41) is 13.6. The van der Waals surface area contributed by atoms with Crippen molar-refractivity contribution in [1.29, 1.82) is 0 Å². The molecule has 4 rings (SSSR count). The van der Waals surface area contributed by atoms with Crippen LogP contribution in [0, 0.1) is 10.1 Å². The minimum atomic E-state index is -0.739. The third kappa shape index (κ3) is 4.19. The van der Waals surface area contributed by atoms with Crippen LogP contribution in [0.4, 0.5) is 17.1 Å². The normalized spacial score (nSPS) is 14.5. The van der Waals surface area contributed by atoms with Crippen molar-refractivity contribution in [1.82, 2.24) is 4.57 Å². The Morgan fingerprint density at radius 1 is 1.07 bits per heavy atom. The highest BCUT2D eigenvalue weighted by Gasteiger charge is 2.16. The molecule has 1 amide bonds. The van der Waals surface area contributed by atoms with Crippen molar-refractivity contribution in [3.63, 3.8) is 0 Å². The fourth-order valence-corrected chi connectivity index (χ4v) is 3.75. The topological polar surface area (TPSA) is 111 Å². The maximum atomic E-state index is 12.5. The number of carbonyl (C=O) groups excluding carboxylic acids is 1. The van der Waals surface area contributed by atoms with Crippen LogP contribution in [0.15, 0.2) is 51.7 Å². The molecule has 1 fully saturated rings. The Balaban J connectivity index is 1.45. The van der Waals surface area contributed by atoms with E-state index in [0.29, 0.717) is 11.2 Å². The number of rotatable bonds is 5. The molecule has 0 radical (unpaired) electrons. The number of amides is 1. The van der Waals surface area contributed by atoms with E-state index in [4.69, 9.17) is 4.42 Å². The average Bonchev–Trinajstić information content (AvgIpc) is 2.90. The molecule has 0 atom stereocenters. The van der Waals surface area contributed by atoms with Crippen LogP contribution in [-0.2, 0) is 11.3 Å². The molecule has 1 saturated heterocycles. The van der Waals surface area contributed by atoms with Gasteiger partial charge in [0.15, 0.2) is 5.58 Å². The highest BCUT2D eigenvalue weighted by atomic mass is 16.6. The number of carbonyl (C=O) groups is 1. The largest absolute Gasteiger partial charge is 0.420 e. The van der Waals surface area contributed by atoms with Crippen molar-refractivity contribution < 1.29 is 14.1 Å². The molecule has 1 aromatic heterocycles. The lowest BCUT2D eigenvalue weighted by molar-refractivity contribution is -0.384. The monoisotopic (exact) mass is 410 g/mol. The fourth-order valence-electron chi connectivity index (χ4n) is 3.75. The summed E-state index contributed by atoms with van der Waals surface area (Å²) in [5.41, 5.74) is 1.99. The van der Waals surface area contributed by atoms with Gasteiger partial charge >= 0.3 is 5.76 Å². The van der Waals surface area contributed by atoms with E-state index in [1.165, 1.54) is 43.9 Å². The van der Waals surface area contributed by atoms with Gasteiger partial charge in [-0.1, -0.05) is 12.8 Å². The maximum Gasteiger partial charge on any atom is 0.420 e. The molecule has 9 heteroatoms. The third-order valence-electron chi connectivity index (χ3n) is 5.29. The van der Waals surface area contributed by atoms with Gasteiger partial charge in [-0.15, -0.1) is 0 Å². The molecule has 1 aliphatic rings. The van der Waals surface area contributed by atoms with Crippen molar-refractivity contribution in [2.75, 3.05) is 23.3 Å². The Morgan fingerprint density at radius 2 is 1.77 bits per heavy atom. The first kappa shape index (κ1) is 19.7. The Morgan fingerprint density at radius 3 is 2.43 bits per heavy atom. The minimum Gasteiger partial charge on any atom is -0.407 e. The number of benzene rings is 2. The van der Waals surface area contributed by atoms with Gasteiger partial charge in [0.05, 0.1) is 16.5 Å². The van der Waals surface area contributed by atoms with Crippen LogP contribution in [-0.4, -0.2) is 28.5 Å². The second-order valence-electron chi connectivity index (χ2n) is 7.36. The maximum absolute atomic E-state index is 12.5. The first-order valence-electron chi connectivity index (χ1n) is 9.94. The van der Waals surface area contributed by atoms with Gasteiger partial charge in [0, 0.05) is 30.5 Å². The molecular weight excluding hydrogens is 388 g/mol. The lowest BCUT2D eigenvalue weighted by Crippen LogP contribution is -2.25. The number of non-ortho nitro benzene ring substituents is 1. The van der Waals surface area contributed by atoms with Gasteiger partial charge in [-0.2, -0.15) is 0 Å². The van der Waals surface area contributed by atoms with Gasteiger partial charge in [0.1, 0.15) is 6.54 Å². The zero-order chi connectivity index (χ0) is 21.1. The minimum absolute atomic E-state index is 0.0730. The van der Waals surface area contributed by atoms with Crippen molar-refractivity contribution in [2.45, 2.75) is 32.2 Å². The quantitative estimate of drug-likeness (QED) is 0.509. The predicted octanol–water partition coefficient (Wildman–Crippen LogP) is 3.52. The van der Waals surface area contributed by atoms with E-state index in [9.17, 15) is 19.7 Å². The SMILES string of the molecule is O=C(Cn1c(=O)oc2cc([N+](=O)[O-])ccc21)Nc1ccc(N2CCCCCC2)cc1. The summed E-state index contributed by atoms with van der Waals surface area (Å²) in [7, 11) is 0. The van der Waals surface area contributed by atoms with Crippen molar-refractivity contribution in [3.8, 4) is 0 Å². The Hall–Kier alpha value is -3.62. The molecule has 0 spiro atoms. The van der Waals surface area contributed by atoms with Gasteiger partial charge in [-0.25, -0.2) is 4.79 Å². The molecular formula is C21H22N4O5. The summed E-state index contributed by atoms with van der Waals surface area (Å²) in [6, 6.07) is 11.5. The van der Waals surface area contributed by atoms with E-state index < -0.39 is 10.7 Å². The number of anilines is 2. The van der Waals surface area contributed by atoms with Gasteiger partial charge in [0.2, 0.25) is 5.91 Å². The molecule has 0 unspecified atom stereocenters. The molecule has 30 heavy (non-hydrogen) atoms. The van der Waals surface area contributed by atoms with E-state index >= 15 is 0 Å². The highest BCUT2D eigenvalue weighted by Crippen LogP contribution is 2.22. The summed E-state index contributed by atoms with van der Waals surface area (Å²) >= 11 is 0. The Kier molecular flexibility index (Phi) is 5.51. The van der Waals surface area contributed by atoms with E-state index in [1.807, 2.05) is 24.3 Å². The van der Waals surface area contributed by atoms with E-state index in [0.717, 1.165) is 23.3 Å². The van der Waals surface area contributed by atoms with E-state index in [-0.39, 0.29) is 23.7 Å². The Bertz CT molecular complexity index is 1120. The summed E-state index contributed by atoms with van der Waals surface area (Å²) < 4.78 is 6.20. The number of aromatic nitrogens is 1. The van der Waals surface area contributed by atoms with Crippen LogP contribution in [0.3, 0.4) is 0 Å². The fraction of sp³-hybridized carbons (Fsp3) is 0.333. The van der Waals surface area contributed by atoms with Gasteiger partial charge < -0.3 is 14.6 Å². The molecule has 1 aliphatic heterocycles. The lowest BCUT2D eigenvalue weighted by Gasteiger charge is -2.22. The van der Waals surface area contributed by atoms with Crippen molar-refractivity contribution >= 4 is 34.1 Å². The van der Waals surface area contributed by atoms with Crippen molar-refractivity contribution in [3.05, 3.63) is 63.1 Å². The smallest absolute Gasteiger partial charge is 0.407 e. The van der Waals surface area contributed by atoms with Crippen molar-refractivity contribution in [2.24, 2.45) is 0 Å². The van der Waals surface area contributed by atoms with Crippen LogP contribution in [0.25, 0.3) is 11.1 Å². The highest BCUT2D eigenvalue weighted by molar-refractivity contribution is 5.91. The number of oxazole rings is 1. The number of nitrogens with one attached hydrogen (secondary N) is 1. The number of fused-ring (bicyclic) bond motifs is 1. The molecule has 2 heterocycles. The summed E-state index contributed by atoms with van der Waals surface area (Å²) in [4.78, 5) is 37.2. The molecule has 156 valence electrons. The lowest BCUT2D eigenvalue weighted by atomic mass is 10.2. The van der Waals surface area contributed by atoms with Crippen LogP contribution in [0.1, 0.15) is 25.7 Å². The summed E-state index contributed by atoms with van der Waals surface area (Å²) in [5.74, 6) is -1.13. The summed E-state index contributed by atoms with van der Waals surface area (Å²) in [6.07, 6.45) is 4.91. The van der Waals surface area contributed by atoms with Gasteiger partial charge in [-0.05, 0) is 43.2 Å². The number of nitrogens with zero attached hydrogens (tertiary/aromatic N) is 3. The third-order valence-corrected chi connectivity index (χ3v) is 5.29. The molecule has 2 aromatic carbocycles. The number of nitro benzene ring substituents is 1. The molecule has 0 aliphatic carbocycles. The van der Waals surface area contributed by atoms with Gasteiger partial charge in [-0.3, -0.25) is 19.5 Å². The Labute approximate surface area is 172 Å². The zero-order valence-electron chi connectivity index (χ0n) is 16.4. The number of nitro groups is 1. The zero-order valence-corrected chi connectivity index (χ0v) is 16.4. The predicted molar refractivity (Wildman–Crippen MR) is 113 cm³/mol. The van der Waals surface area contributed by atoms with Gasteiger partial charge in [0.25, 0.3) is 5.69 Å². The molecule has 3 aromatic rings. The van der Waals surface area contributed by atoms with Crippen LogP contribution >= 0.6 is 0 Å². The standard InChI is InChI=1S/C21H22N4O5/c26-20(14-24-18-10-9-17(25(28)29)13-19(18)30-21(24)27)22-15-5-7-16(8-6-15)23-11-3-1-2-4-12-23/h5-10,13H,1-4,11-12,14H2,(H,22,26). The molecule has 0 saturated carbocycles. The molecule has 9 nitrogen and oxygen atoms in total. The van der Waals surface area contributed by atoms with Crippen LogP contribution in [0.5, 0.6) is 0 Å². The number of hydrogen-bond donors (Lipinski definition) is 1. The first-order chi connectivity index (χ1) is 14.5. The second-order valence-corrected chi connectivity index (χ2v) is 7.36. The average molecular weight is 410 g/mol. The number of hydrogen-bond acceptors (Lipinski definition) is 6. The van der Waals surface area contributed by atoms with E-state index in [1.54, 1.807) is 0 Å². The summed E-state index contributed by atoms with van der Waals surface area (Å²) in [6.45, 7) is 1.83. The van der Waals surface area contributed by atoms with Crippen LogP contribution in [0.2, 0.25) is 0 Å². The first-order valence-corrected chi connectivity index (χ1v) is 9.94. The molecule has 1 N–H and O–H groups in total. The van der Waals surface area contributed by atoms with E-state index in [2.05, 4.69) is 10.2 Å².